The van der Waals surface area contributed by atoms with E-state index < -0.39 is 67.4 Å². The summed E-state index contributed by atoms with van der Waals surface area (Å²) in [5.74, 6) is -5.47. The van der Waals surface area contributed by atoms with Crippen molar-refractivity contribution in [3.05, 3.63) is 0 Å². The first-order chi connectivity index (χ1) is 11.1. The number of hydrogen-bond donors (Lipinski definition) is 7. The third-order valence-electron chi connectivity index (χ3n) is 2.77. The van der Waals surface area contributed by atoms with Gasteiger partial charge in [-0.2, -0.15) is 0 Å². The lowest BCUT2D eigenvalue weighted by atomic mass is 10.1. The minimum atomic E-state index is -1.55. The van der Waals surface area contributed by atoms with Gasteiger partial charge in [0.1, 0.15) is 18.1 Å². The summed E-state index contributed by atoms with van der Waals surface area (Å²) in [7, 11) is 0. The fraction of sp³-hybridized carbons (Fsp3) is 0.583. The number of aliphatic hydroxyl groups excluding tert-OH is 1. The van der Waals surface area contributed by atoms with Crippen molar-refractivity contribution < 1.29 is 39.3 Å². The van der Waals surface area contributed by atoms with E-state index in [9.17, 15) is 24.0 Å². The maximum Gasteiger partial charge on any atom is 0.328 e. The van der Waals surface area contributed by atoms with Crippen LogP contribution in [0.4, 0.5) is 0 Å². The molecular formula is C12H20N4O8. The zero-order valence-electron chi connectivity index (χ0n) is 12.8. The summed E-state index contributed by atoms with van der Waals surface area (Å²) in [6, 6.07) is -4.25. The van der Waals surface area contributed by atoms with Crippen LogP contribution in [0.3, 0.4) is 0 Å². The van der Waals surface area contributed by atoms with Crippen LogP contribution in [0.15, 0.2) is 0 Å². The van der Waals surface area contributed by atoms with Crippen molar-refractivity contribution in [3.63, 3.8) is 0 Å². The largest absolute Gasteiger partial charge is 0.481 e. The number of hydrogen-bond acceptors (Lipinski definition) is 7. The molecule has 0 spiro atoms. The Balaban J connectivity index is 4.82. The van der Waals surface area contributed by atoms with E-state index in [-0.39, 0.29) is 0 Å². The minimum absolute atomic E-state index is 0.462. The Morgan fingerprint density at radius 1 is 0.958 bits per heavy atom. The Bertz CT molecular complexity index is 509. The van der Waals surface area contributed by atoms with Crippen molar-refractivity contribution in [3.8, 4) is 0 Å². The highest BCUT2D eigenvalue weighted by Crippen LogP contribution is 1.96. The van der Waals surface area contributed by atoms with Crippen molar-refractivity contribution in [1.82, 2.24) is 16.0 Å². The molecule has 0 aromatic heterocycles. The Morgan fingerprint density at radius 2 is 1.54 bits per heavy atom. The molecule has 0 rings (SSSR count). The van der Waals surface area contributed by atoms with Gasteiger partial charge in [0.2, 0.25) is 17.7 Å². The van der Waals surface area contributed by atoms with E-state index in [0.29, 0.717) is 0 Å². The third-order valence-corrected chi connectivity index (χ3v) is 2.77. The van der Waals surface area contributed by atoms with Crippen LogP contribution in [0.2, 0.25) is 0 Å². The van der Waals surface area contributed by atoms with Crippen molar-refractivity contribution >= 4 is 29.7 Å². The Hall–Kier alpha value is -2.73. The van der Waals surface area contributed by atoms with Gasteiger partial charge in [-0.1, -0.05) is 0 Å². The molecule has 0 saturated carbocycles. The molecule has 0 radical (unpaired) electrons. The van der Waals surface area contributed by atoms with Gasteiger partial charge in [0.05, 0.1) is 19.6 Å². The molecule has 0 aliphatic carbocycles. The molecule has 0 aromatic rings. The quantitative estimate of drug-likeness (QED) is 0.205. The zero-order valence-corrected chi connectivity index (χ0v) is 12.8. The van der Waals surface area contributed by atoms with Gasteiger partial charge in [-0.15, -0.1) is 0 Å². The highest BCUT2D eigenvalue weighted by molar-refractivity contribution is 5.94. The predicted molar refractivity (Wildman–Crippen MR) is 77.5 cm³/mol. The molecule has 0 aliphatic heterocycles. The monoisotopic (exact) mass is 348 g/mol. The molecule has 3 atom stereocenters. The van der Waals surface area contributed by atoms with Crippen LogP contribution in [0.5, 0.6) is 0 Å². The first kappa shape index (κ1) is 21.3. The van der Waals surface area contributed by atoms with Gasteiger partial charge in [-0.3, -0.25) is 19.2 Å². The van der Waals surface area contributed by atoms with Gasteiger partial charge in [0.25, 0.3) is 0 Å². The molecule has 0 fully saturated rings. The van der Waals surface area contributed by atoms with Gasteiger partial charge >= 0.3 is 11.9 Å². The SMILES string of the molecule is CC(NC(=O)C(CC(=O)O)NC(=O)CN)C(=O)NC(CO)C(=O)O. The van der Waals surface area contributed by atoms with E-state index in [1.807, 2.05) is 5.32 Å². The van der Waals surface area contributed by atoms with E-state index in [0.717, 1.165) is 0 Å². The van der Waals surface area contributed by atoms with Gasteiger partial charge < -0.3 is 37.0 Å². The summed E-state index contributed by atoms with van der Waals surface area (Å²) in [5, 5.41) is 32.5. The second kappa shape index (κ2) is 10.1. The molecule has 24 heavy (non-hydrogen) atoms. The predicted octanol–water partition coefficient (Wildman–Crippen LogP) is -4.03. The maximum absolute atomic E-state index is 12.0. The summed E-state index contributed by atoms with van der Waals surface area (Å²) in [5.41, 5.74) is 5.06. The number of amides is 3. The zero-order chi connectivity index (χ0) is 18.9. The Morgan fingerprint density at radius 3 is 1.96 bits per heavy atom. The molecule has 3 unspecified atom stereocenters. The first-order valence-electron chi connectivity index (χ1n) is 6.78. The number of carbonyl (C=O) groups excluding carboxylic acids is 3. The van der Waals surface area contributed by atoms with Crippen LogP contribution >= 0.6 is 0 Å². The molecule has 0 bridgehead atoms. The van der Waals surface area contributed by atoms with Crippen molar-refractivity contribution in [2.45, 2.75) is 31.5 Å². The molecule has 12 nitrogen and oxygen atoms in total. The lowest BCUT2D eigenvalue weighted by Gasteiger charge is -2.21. The van der Waals surface area contributed by atoms with Crippen LogP contribution in [-0.2, 0) is 24.0 Å². The molecule has 0 aromatic carbocycles. The minimum Gasteiger partial charge on any atom is -0.481 e. The second-order valence-electron chi connectivity index (χ2n) is 4.73. The lowest BCUT2D eigenvalue weighted by Crippen LogP contribution is -2.56. The maximum atomic E-state index is 12.0. The summed E-state index contributed by atoms with van der Waals surface area (Å²) in [6.07, 6.45) is -0.736. The smallest absolute Gasteiger partial charge is 0.328 e. The fourth-order valence-electron chi connectivity index (χ4n) is 1.50. The second-order valence-corrected chi connectivity index (χ2v) is 4.73. The Kier molecular flexibility index (Phi) is 8.97. The summed E-state index contributed by atoms with van der Waals surface area (Å²) < 4.78 is 0. The third kappa shape index (κ3) is 7.51. The number of nitrogens with two attached hydrogens (primary N) is 1. The van der Waals surface area contributed by atoms with E-state index in [1.54, 1.807) is 0 Å². The molecule has 136 valence electrons. The van der Waals surface area contributed by atoms with E-state index in [4.69, 9.17) is 21.1 Å². The molecule has 0 saturated heterocycles. The fourth-order valence-corrected chi connectivity index (χ4v) is 1.50. The molecular weight excluding hydrogens is 328 g/mol. The van der Waals surface area contributed by atoms with Gasteiger partial charge in [-0.05, 0) is 6.92 Å². The van der Waals surface area contributed by atoms with Crippen LogP contribution in [0.1, 0.15) is 13.3 Å². The standard InChI is InChI=1S/C12H20N4O8/c1-5(10(21)16-7(4-17)12(23)24)14-11(22)6(2-9(19)20)15-8(18)3-13/h5-7,17H,2-4,13H2,1H3,(H,14,22)(H,15,18)(H,16,21)(H,19,20)(H,23,24). The molecule has 0 aliphatic rings. The topological polar surface area (TPSA) is 208 Å². The van der Waals surface area contributed by atoms with Gasteiger partial charge in [0, 0.05) is 0 Å². The van der Waals surface area contributed by atoms with E-state index >= 15 is 0 Å². The van der Waals surface area contributed by atoms with E-state index in [2.05, 4.69) is 10.6 Å². The van der Waals surface area contributed by atoms with Crippen LogP contribution < -0.4 is 21.7 Å². The number of carboxylic acid groups (broad SMARTS) is 2. The van der Waals surface area contributed by atoms with Crippen molar-refractivity contribution in [2.75, 3.05) is 13.2 Å². The van der Waals surface area contributed by atoms with Crippen molar-refractivity contribution in [1.29, 1.82) is 0 Å². The van der Waals surface area contributed by atoms with Gasteiger partial charge in [0.15, 0.2) is 0 Å². The highest BCUT2D eigenvalue weighted by Gasteiger charge is 2.28. The average molecular weight is 348 g/mol. The molecule has 12 heteroatoms. The summed E-state index contributed by atoms with van der Waals surface area (Å²) >= 11 is 0. The van der Waals surface area contributed by atoms with Crippen LogP contribution in [0.25, 0.3) is 0 Å². The number of nitrogens with one attached hydrogen (secondary N) is 3. The first-order valence-corrected chi connectivity index (χ1v) is 6.78. The van der Waals surface area contributed by atoms with Crippen LogP contribution in [-0.4, -0.2) is 76.3 Å². The summed E-state index contributed by atoms with van der Waals surface area (Å²) in [4.78, 5) is 56.4. The number of carbonyl (C=O) groups is 5. The molecule has 0 heterocycles. The number of aliphatic carboxylic acids is 2. The number of rotatable bonds is 10. The lowest BCUT2D eigenvalue weighted by molar-refractivity contribution is -0.144. The molecule has 8 N–H and O–H groups in total. The number of aliphatic hydroxyl groups is 1. The van der Waals surface area contributed by atoms with Crippen LogP contribution in [0, 0.1) is 0 Å². The van der Waals surface area contributed by atoms with E-state index in [1.165, 1.54) is 6.92 Å². The Labute approximate surface area is 136 Å². The highest BCUT2D eigenvalue weighted by atomic mass is 16.4. The number of carboxylic acids is 2. The van der Waals surface area contributed by atoms with Gasteiger partial charge in [-0.25, -0.2) is 4.79 Å². The summed E-state index contributed by atoms with van der Waals surface area (Å²) in [6.45, 7) is -0.0989. The van der Waals surface area contributed by atoms with Crippen molar-refractivity contribution in [2.24, 2.45) is 5.73 Å². The molecule has 3 amide bonds. The average Bonchev–Trinajstić information content (AvgIpc) is 2.50. The normalized spacial score (nSPS) is 14.0.